The van der Waals surface area contributed by atoms with Gasteiger partial charge in [-0.25, -0.2) is 0 Å². The normalized spacial score (nSPS) is 30.6. The number of fused-ring (bicyclic) bond motifs is 2. The van der Waals surface area contributed by atoms with Gasteiger partial charge in [0.05, 0.1) is 31.1 Å². The van der Waals surface area contributed by atoms with Crippen LogP contribution >= 0.6 is 0 Å². The first-order valence-electron chi connectivity index (χ1n) is 7.77. The van der Waals surface area contributed by atoms with Crippen LogP contribution in [0.1, 0.15) is 19.0 Å². The fourth-order valence-corrected chi connectivity index (χ4v) is 3.45. The maximum absolute atomic E-state index is 9.34. The minimum atomic E-state index is 0.232. The first kappa shape index (κ1) is 13.7. The number of hydrogen-bond donors (Lipinski definition) is 0. The highest BCUT2D eigenvalue weighted by Crippen LogP contribution is 2.32. The molecule has 4 aliphatic heterocycles. The van der Waals surface area contributed by atoms with E-state index in [9.17, 15) is 5.26 Å². The standard InChI is InChI=1S/C15H19N5O2/c1-10-9-21-3-2-20(10)14-5-15(18-17-13(14)6-16)19-7-11-4-12(8-19)22-11/h5,10-12H,2-4,7-9H2,1H3. The molecule has 116 valence electrons. The second kappa shape index (κ2) is 5.38. The second-order valence-electron chi connectivity index (χ2n) is 6.19. The smallest absolute Gasteiger partial charge is 0.186 e. The molecular formula is C15H19N5O2. The average molecular weight is 301 g/mol. The lowest BCUT2D eigenvalue weighted by Gasteiger charge is -2.47. The Morgan fingerprint density at radius 1 is 1.32 bits per heavy atom. The van der Waals surface area contributed by atoms with E-state index < -0.39 is 0 Å². The Balaban J connectivity index is 1.64. The summed E-state index contributed by atoms with van der Waals surface area (Å²) < 4.78 is 11.2. The van der Waals surface area contributed by atoms with Crippen LogP contribution in [0.15, 0.2) is 6.07 Å². The maximum atomic E-state index is 9.34. The molecule has 3 atom stereocenters. The zero-order valence-electron chi connectivity index (χ0n) is 12.6. The molecule has 0 aromatic carbocycles. The summed E-state index contributed by atoms with van der Waals surface area (Å²) in [4.78, 5) is 4.41. The van der Waals surface area contributed by atoms with Gasteiger partial charge in [-0.1, -0.05) is 0 Å². The molecule has 0 spiro atoms. The van der Waals surface area contributed by atoms with Crippen molar-refractivity contribution >= 4 is 11.5 Å². The molecular weight excluding hydrogens is 282 g/mol. The van der Waals surface area contributed by atoms with Gasteiger partial charge < -0.3 is 19.3 Å². The molecule has 5 rings (SSSR count). The number of morpholine rings is 2. The third-order valence-electron chi connectivity index (χ3n) is 4.63. The summed E-state index contributed by atoms with van der Waals surface area (Å²) in [5, 5.41) is 17.7. The topological polar surface area (TPSA) is 74.5 Å². The van der Waals surface area contributed by atoms with Gasteiger partial charge in [-0.15, -0.1) is 10.2 Å². The summed E-state index contributed by atoms with van der Waals surface area (Å²) in [5.74, 6) is 0.839. The minimum Gasteiger partial charge on any atom is -0.377 e. The van der Waals surface area contributed by atoms with Crippen LogP contribution in [0.3, 0.4) is 0 Å². The Morgan fingerprint density at radius 2 is 2.09 bits per heavy atom. The monoisotopic (exact) mass is 301 g/mol. The van der Waals surface area contributed by atoms with Crippen LogP contribution in [0.2, 0.25) is 0 Å². The molecule has 0 N–H and O–H groups in total. The Hall–Kier alpha value is -1.91. The number of hydrogen-bond acceptors (Lipinski definition) is 7. The molecule has 2 bridgehead atoms. The van der Waals surface area contributed by atoms with Crippen molar-refractivity contribution in [3.63, 3.8) is 0 Å². The molecule has 7 nitrogen and oxygen atoms in total. The SMILES string of the molecule is CC1COCCN1c1cc(N2CC3CC(C2)O3)nnc1C#N. The van der Waals surface area contributed by atoms with Crippen molar-refractivity contribution in [2.24, 2.45) is 0 Å². The van der Waals surface area contributed by atoms with Crippen molar-refractivity contribution in [3.05, 3.63) is 11.8 Å². The predicted octanol–water partition coefficient (Wildman–Crippen LogP) is 0.551. The van der Waals surface area contributed by atoms with Gasteiger partial charge in [0.25, 0.3) is 0 Å². The number of anilines is 2. The molecule has 0 saturated carbocycles. The van der Waals surface area contributed by atoms with Gasteiger partial charge >= 0.3 is 0 Å². The minimum absolute atomic E-state index is 0.232. The van der Waals surface area contributed by atoms with Gasteiger partial charge in [0.1, 0.15) is 6.07 Å². The van der Waals surface area contributed by atoms with E-state index >= 15 is 0 Å². The molecule has 4 aliphatic rings. The third kappa shape index (κ3) is 2.28. The van der Waals surface area contributed by atoms with Crippen molar-refractivity contribution in [1.29, 1.82) is 5.26 Å². The van der Waals surface area contributed by atoms with Crippen molar-refractivity contribution in [2.45, 2.75) is 31.6 Å². The Bertz CT molecular complexity index is 600. The Labute approximate surface area is 129 Å². The number of rotatable bonds is 2. The second-order valence-corrected chi connectivity index (χ2v) is 6.19. The van der Waals surface area contributed by atoms with E-state index in [1.54, 1.807) is 0 Å². The Morgan fingerprint density at radius 3 is 2.77 bits per heavy atom. The number of nitriles is 1. The van der Waals surface area contributed by atoms with Crippen molar-refractivity contribution in [3.8, 4) is 6.07 Å². The molecule has 7 heteroatoms. The van der Waals surface area contributed by atoms with E-state index in [-0.39, 0.29) is 6.04 Å². The third-order valence-corrected chi connectivity index (χ3v) is 4.63. The summed E-state index contributed by atoms with van der Waals surface area (Å²) >= 11 is 0. The summed E-state index contributed by atoms with van der Waals surface area (Å²) in [6, 6.07) is 4.39. The number of aromatic nitrogens is 2. The van der Waals surface area contributed by atoms with Gasteiger partial charge in [0, 0.05) is 38.2 Å². The summed E-state index contributed by atoms with van der Waals surface area (Å²) in [6.45, 7) is 5.93. The lowest BCUT2D eigenvalue weighted by molar-refractivity contribution is -0.133. The summed E-state index contributed by atoms with van der Waals surface area (Å²) in [6.07, 6.45) is 1.79. The number of ether oxygens (including phenoxy) is 2. The highest BCUT2D eigenvalue weighted by atomic mass is 16.5. The van der Waals surface area contributed by atoms with Gasteiger partial charge in [-0.2, -0.15) is 5.26 Å². The summed E-state index contributed by atoms with van der Waals surface area (Å²) in [5.41, 5.74) is 1.25. The predicted molar refractivity (Wildman–Crippen MR) is 79.9 cm³/mol. The molecule has 22 heavy (non-hydrogen) atoms. The maximum Gasteiger partial charge on any atom is 0.186 e. The van der Waals surface area contributed by atoms with Gasteiger partial charge in [-0.05, 0) is 6.92 Å². The molecule has 0 amide bonds. The van der Waals surface area contributed by atoms with E-state index in [0.29, 0.717) is 31.1 Å². The fourth-order valence-electron chi connectivity index (χ4n) is 3.45. The number of nitrogens with zero attached hydrogens (tertiary/aromatic N) is 5. The van der Waals surface area contributed by atoms with Crippen LogP contribution in [0, 0.1) is 11.3 Å². The molecule has 3 unspecified atom stereocenters. The van der Waals surface area contributed by atoms with E-state index in [0.717, 1.165) is 37.6 Å². The van der Waals surface area contributed by atoms with Gasteiger partial charge in [-0.3, -0.25) is 0 Å². The van der Waals surface area contributed by atoms with Crippen LogP contribution in [0.25, 0.3) is 0 Å². The van der Waals surface area contributed by atoms with Crippen LogP contribution in [0.4, 0.5) is 11.5 Å². The molecule has 1 aromatic heterocycles. The lowest BCUT2D eigenvalue weighted by atomic mass is 9.99. The van der Waals surface area contributed by atoms with Crippen LogP contribution in [-0.4, -0.2) is 61.3 Å². The summed E-state index contributed by atoms with van der Waals surface area (Å²) in [7, 11) is 0. The Kier molecular flexibility index (Phi) is 3.36. The molecule has 1 aromatic rings. The zero-order valence-corrected chi connectivity index (χ0v) is 12.6. The van der Waals surface area contributed by atoms with Crippen molar-refractivity contribution < 1.29 is 9.47 Å². The van der Waals surface area contributed by atoms with Crippen LogP contribution in [-0.2, 0) is 9.47 Å². The first-order valence-corrected chi connectivity index (χ1v) is 7.77. The highest BCUT2D eigenvalue weighted by Gasteiger charge is 2.39. The average Bonchev–Trinajstić information content (AvgIpc) is 2.54. The molecule has 0 aliphatic carbocycles. The number of piperidine rings is 1. The van der Waals surface area contributed by atoms with E-state index in [1.807, 2.05) is 6.07 Å². The molecule has 4 fully saturated rings. The van der Waals surface area contributed by atoms with E-state index in [2.05, 4.69) is 33.0 Å². The molecule has 0 radical (unpaired) electrons. The first-order chi connectivity index (χ1) is 10.7. The van der Waals surface area contributed by atoms with Gasteiger partial charge in [0.15, 0.2) is 11.5 Å². The van der Waals surface area contributed by atoms with Crippen molar-refractivity contribution in [1.82, 2.24) is 10.2 Å². The zero-order chi connectivity index (χ0) is 15.1. The molecule has 5 heterocycles. The quantitative estimate of drug-likeness (QED) is 0.789. The highest BCUT2D eigenvalue weighted by molar-refractivity contribution is 5.62. The fraction of sp³-hybridized carbons (Fsp3) is 0.667. The van der Waals surface area contributed by atoms with E-state index in [1.165, 1.54) is 0 Å². The van der Waals surface area contributed by atoms with E-state index in [4.69, 9.17) is 9.47 Å². The molecule has 4 saturated heterocycles. The van der Waals surface area contributed by atoms with Gasteiger partial charge in [0.2, 0.25) is 0 Å². The van der Waals surface area contributed by atoms with Crippen LogP contribution in [0.5, 0.6) is 0 Å². The lowest BCUT2D eigenvalue weighted by Crippen LogP contribution is -2.57. The van der Waals surface area contributed by atoms with Crippen LogP contribution < -0.4 is 9.80 Å². The van der Waals surface area contributed by atoms with Crippen molar-refractivity contribution in [2.75, 3.05) is 42.6 Å². The largest absolute Gasteiger partial charge is 0.377 e.